The molecule has 1 aromatic carbocycles. The SMILES string of the molecule is Cc1cccc(OCC(CCN)c2cccnc2)c1. The number of hydrogen-bond acceptors (Lipinski definition) is 3. The first kappa shape index (κ1) is 13.6. The molecular weight excluding hydrogens is 236 g/mol. The fourth-order valence-electron chi connectivity index (χ4n) is 2.07. The summed E-state index contributed by atoms with van der Waals surface area (Å²) in [6, 6.07) is 12.1. The minimum atomic E-state index is 0.291. The second-order valence-corrected chi connectivity index (χ2v) is 4.69. The standard InChI is InChI=1S/C16H20N2O/c1-13-4-2-6-16(10-13)19-12-15(7-8-17)14-5-3-9-18-11-14/h2-6,9-11,15H,7-8,12,17H2,1H3. The van der Waals surface area contributed by atoms with Gasteiger partial charge in [-0.1, -0.05) is 18.2 Å². The topological polar surface area (TPSA) is 48.1 Å². The van der Waals surface area contributed by atoms with Crippen LogP contribution in [0.4, 0.5) is 0 Å². The van der Waals surface area contributed by atoms with E-state index in [4.69, 9.17) is 10.5 Å². The molecular formula is C16H20N2O. The van der Waals surface area contributed by atoms with E-state index in [0.29, 0.717) is 19.1 Å². The summed E-state index contributed by atoms with van der Waals surface area (Å²) in [7, 11) is 0. The predicted octanol–water partition coefficient (Wildman–Crippen LogP) is 2.90. The molecule has 100 valence electrons. The van der Waals surface area contributed by atoms with E-state index in [2.05, 4.69) is 24.0 Å². The number of hydrogen-bond donors (Lipinski definition) is 1. The van der Waals surface area contributed by atoms with Gasteiger partial charge in [0, 0.05) is 18.3 Å². The molecule has 3 heteroatoms. The number of aryl methyl sites for hydroxylation is 1. The fraction of sp³-hybridized carbons (Fsp3) is 0.312. The lowest BCUT2D eigenvalue weighted by Crippen LogP contribution is -2.15. The summed E-state index contributed by atoms with van der Waals surface area (Å²) >= 11 is 0. The lowest BCUT2D eigenvalue weighted by atomic mass is 9.98. The Kier molecular flexibility index (Phi) is 4.93. The lowest BCUT2D eigenvalue weighted by molar-refractivity contribution is 0.282. The molecule has 0 spiro atoms. The van der Waals surface area contributed by atoms with Crippen molar-refractivity contribution in [1.82, 2.24) is 4.98 Å². The van der Waals surface area contributed by atoms with Crippen LogP contribution in [0.2, 0.25) is 0 Å². The maximum atomic E-state index is 5.87. The molecule has 0 aliphatic rings. The Morgan fingerprint density at radius 2 is 2.16 bits per heavy atom. The molecule has 0 saturated heterocycles. The van der Waals surface area contributed by atoms with Crippen molar-refractivity contribution in [3.63, 3.8) is 0 Å². The summed E-state index contributed by atoms with van der Waals surface area (Å²) in [5.41, 5.74) is 8.07. The maximum absolute atomic E-state index is 5.87. The molecule has 3 nitrogen and oxygen atoms in total. The number of pyridine rings is 1. The molecule has 0 aliphatic carbocycles. The Balaban J connectivity index is 2.01. The van der Waals surface area contributed by atoms with Gasteiger partial charge in [-0.25, -0.2) is 0 Å². The minimum Gasteiger partial charge on any atom is -0.493 e. The first-order valence-corrected chi connectivity index (χ1v) is 6.59. The molecule has 0 aliphatic heterocycles. The molecule has 0 fully saturated rings. The first-order valence-electron chi connectivity index (χ1n) is 6.59. The summed E-state index contributed by atoms with van der Waals surface area (Å²) in [5.74, 6) is 1.20. The van der Waals surface area contributed by atoms with Crippen LogP contribution in [-0.2, 0) is 0 Å². The molecule has 1 heterocycles. The summed E-state index contributed by atoms with van der Waals surface area (Å²) in [6.07, 6.45) is 4.57. The number of aromatic nitrogens is 1. The molecule has 0 radical (unpaired) electrons. The van der Waals surface area contributed by atoms with Crippen LogP contribution in [0.1, 0.15) is 23.5 Å². The Labute approximate surface area is 114 Å². The van der Waals surface area contributed by atoms with E-state index in [1.807, 2.05) is 30.5 Å². The van der Waals surface area contributed by atoms with Gasteiger partial charge in [0.1, 0.15) is 5.75 Å². The van der Waals surface area contributed by atoms with Gasteiger partial charge in [0.05, 0.1) is 6.61 Å². The number of rotatable bonds is 6. The highest BCUT2D eigenvalue weighted by Crippen LogP contribution is 2.21. The van der Waals surface area contributed by atoms with E-state index < -0.39 is 0 Å². The molecule has 0 bridgehead atoms. The van der Waals surface area contributed by atoms with Crippen molar-refractivity contribution >= 4 is 0 Å². The Morgan fingerprint density at radius 3 is 2.84 bits per heavy atom. The third-order valence-corrected chi connectivity index (χ3v) is 3.11. The molecule has 0 saturated carbocycles. The highest BCUT2D eigenvalue weighted by Gasteiger charge is 2.11. The predicted molar refractivity (Wildman–Crippen MR) is 77.3 cm³/mol. The second kappa shape index (κ2) is 6.90. The highest BCUT2D eigenvalue weighted by molar-refractivity contribution is 5.27. The third-order valence-electron chi connectivity index (χ3n) is 3.11. The molecule has 2 rings (SSSR count). The van der Waals surface area contributed by atoms with Gasteiger partial charge in [-0.2, -0.15) is 0 Å². The van der Waals surface area contributed by atoms with E-state index >= 15 is 0 Å². The summed E-state index contributed by atoms with van der Waals surface area (Å²) < 4.78 is 5.87. The van der Waals surface area contributed by atoms with Crippen molar-refractivity contribution < 1.29 is 4.74 Å². The van der Waals surface area contributed by atoms with Crippen LogP contribution < -0.4 is 10.5 Å². The first-order chi connectivity index (χ1) is 9.29. The normalized spacial score (nSPS) is 12.1. The van der Waals surface area contributed by atoms with Crippen molar-refractivity contribution in [1.29, 1.82) is 0 Å². The number of benzene rings is 1. The van der Waals surface area contributed by atoms with E-state index in [1.165, 1.54) is 11.1 Å². The molecule has 1 atom stereocenters. The van der Waals surface area contributed by atoms with Crippen LogP contribution in [-0.4, -0.2) is 18.1 Å². The van der Waals surface area contributed by atoms with Crippen LogP contribution in [0.25, 0.3) is 0 Å². The van der Waals surface area contributed by atoms with Gasteiger partial charge < -0.3 is 10.5 Å². The number of nitrogens with zero attached hydrogens (tertiary/aromatic N) is 1. The Hall–Kier alpha value is -1.87. The van der Waals surface area contributed by atoms with Crippen molar-refractivity contribution in [3.05, 3.63) is 59.9 Å². The monoisotopic (exact) mass is 256 g/mol. The molecule has 0 amide bonds. The quantitative estimate of drug-likeness (QED) is 0.864. The summed E-state index contributed by atoms with van der Waals surface area (Å²) in [5, 5.41) is 0. The van der Waals surface area contributed by atoms with Gasteiger partial charge in [-0.15, -0.1) is 0 Å². The lowest BCUT2D eigenvalue weighted by Gasteiger charge is -2.17. The van der Waals surface area contributed by atoms with Gasteiger partial charge in [0.2, 0.25) is 0 Å². The molecule has 1 unspecified atom stereocenters. The minimum absolute atomic E-state index is 0.291. The second-order valence-electron chi connectivity index (χ2n) is 4.69. The molecule has 2 aromatic rings. The van der Waals surface area contributed by atoms with E-state index in [0.717, 1.165) is 12.2 Å². The Bertz CT molecular complexity index is 499. The van der Waals surface area contributed by atoms with E-state index in [1.54, 1.807) is 6.20 Å². The van der Waals surface area contributed by atoms with Gasteiger partial charge in [0.15, 0.2) is 0 Å². The van der Waals surface area contributed by atoms with Crippen LogP contribution in [0.15, 0.2) is 48.8 Å². The smallest absolute Gasteiger partial charge is 0.119 e. The summed E-state index contributed by atoms with van der Waals surface area (Å²) in [4.78, 5) is 4.16. The van der Waals surface area contributed by atoms with Crippen LogP contribution in [0.3, 0.4) is 0 Å². The zero-order valence-electron chi connectivity index (χ0n) is 11.3. The average Bonchev–Trinajstić information content (AvgIpc) is 2.44. The van der Waals surface area contributed by atoms with Crippen molar-refractivity contribution in [2.24, 2.45) is 5.73 Å². The molecule has 2 N–H and O–H groups in total. The average molecular weight is 256 g/mol. The molecule has 19 heavy (non-hydrogen) atoms. The maximum Gasteiger partial charge on any atom is 0.119 e. The van der Waals surface area contributed by atoms with Gasteiger partial charge in [-0.05, 0) is 49.2 Å². The van der Waals surface area contributed by atoms with Crippen molar-refractivity contribution in [2.45, 2.75) is 19.3 Å². The highest BCUT2D eigenvalue weighted by atomic mass is 16.5. The van der Waals surface area contributed by atoms with E-state index in [-0.39, 0.29) is 0 Å². The number of nitrogens with two attached hydrogens (primary N) is 1. The zero-order valence-corrected chi connectivity index (χ0v) is 11.3. The van der Waals surface area contributed by atoms with Crippen LogP contribution in [0.5, 0.6) is 5.75 Å². The third kappa shape index (κ3) is 4.07. The largest absolute Gasteiger partial charge is 0.493 e. The summed E-state index contributed by atoms with van der Waals surface area (Å²) in [6.45, 7) is 3.34. The van der Waals surface area contributed by atoms with Gasteiger partial charge >= 0.3 is 0 Å². The van der Waals surface area contributed by atoms with Crippen molar-refractivity contribution in [2.75, 3.05) is 13.2 Å². The van der Waals surface area contributed by atoms with Gasteiger partial charge in [-0.3, -0.25) is 4.98 Å². The number of ether oxygens (including phenoxy) is 1. The Morgan fingerprint density at radius 1 is 1.26 bits per heavy atom. The van der Waals surface area contributed by atoms with Crippen molar-refractivity contribution in [3.8, 4) is 5.75 Å². The van der Waals surface area contributed by atoms with Crippen LogP contribution in [0, 0.1) is 6.92 Å². The van der Waals surface area contributed by atoms with E-state index in [9.17, 15) is 0 Å². The fourth-order valence-corrected chi connectivity index (χ4v) is 2.07. The van der Waals surface area contributed by atoms with Gasteiger partial charge in [0.25, 0.3) is 0 Å². The molecule has 1 aromatic heterocycles. The zero-order chi connectivity index (χ0) is 13.5. The van der Waals surface area contributed by atoms with Crippen LogP contribution >= 0.6 is 0 Å².